The van der Waals surface area contributed by atoms with E-state index in [1.807, 2.05) is 0 Å². The molecule has 0 amide bonds. The van der Waals surface area contributed by atoms with Gasteiger partial charge in [0.2, 0.25) is 0 Å². The zero-order valence-corrected chi connectivity index (χ0v) is 10.1. The van der Waals surface area contributed by atoms with E-state index in [-0.39, 0.29) is 5.82 Å². The summed E-state index contributed by atoms with van der Waals surface area (Å²) in [4.78, 5) is 8.61. The number of nitrogen functional groups attached to an aromatic ring is 1. The number of hydrogen-bond acceptors (Lipinski definition) is 4. The maximum absolute atomic E-state index is 13.2. The number of fused-ring (bicyclic) bond motifs is 1. The van der Waals surface area contributed by atoms with Gasteiger partial charge in [-0.25, -0.2) is 24.6 Å². The molecule has 0 atom stereocenters. The first-order valence-electron chi connectivity index (χ1n) is 6.00. The third kappa shape index (κ3) is 2.15. The Bertz CT molecular complexity index is 623. The summed E-state index contributed by atoms with van der Waals surface area (Å²) in [6.45, 7) is 0. The van der Waals surface area contributed by atoms with Crippen LogP contribution in [0.3, 0.4) is 0 Å². The van der Waals surface area contributed by atoms with Crippen LogP contribution in [0.2, 0.25) is 0 Å². The third-order valence-corrected chi connectivity index (χ3v) is 3.19. The van der Waals surface area contributed by atoms with Gasteiger partial charge in [0.25, 0.3) is 0 Å². The van der Waals surface area contributed by atoms with E-state index in [2.05, 4.69) is 15.4 Å². The van der Waals surface area contributed by atoms with Crippen LogP contribution in [0.25, 0.3) is 11.4 Å². The van der Waals surface area contributed by atoms with Gasteiger partial charge in [0.15, 0.2) is 5.82 Å². The van der Waals surface area contributed by atoms with Gasteiger partial charge < -0.3 is 5.43 Å². The summed E-state index contributed by atoms with van der Waals surface area (Å²) in [5.41, 5.74) is 4.72. The van der Waals surface area contributed by atoms with E-state index in [0.29, 0.717) is 11.4 Å². The van der Waals surface area contributed by atoms with Crippen molar-refractivity contribution in [3.8, 4) is 11.4 Å². The van der Waals surface area contributed by atoms with Crippen LogP contribution in [0.4, 0.5) is 14.6 Å². The monoisotopic (exact) mass is 262 g/mol. The van der Waals surface area contributed by atoms with Gasteiger partial charge in [-0.3, -0.25) is 0 Å². The molecule has 1 aromatic carbocycles. The van der Waals surface area contributed by atoms with E-state index < -0.39 is 11.6 Å². The highest BCUT2D eigenvalue weighted by atomic mass is 19.1. The Morgan fingerprint density at radius 3 is 2.47 bits per heavy atom. The lowest BCUT2D eigenvalue weighted by atomic mass is 10.1. The fourth-order valence-corrected chi connectivity index (χ4v) is 2.36. The second-order valence-electron chi connectivity index (χ2n) is 4.48. The van der Waals surface area contributed by atoms with Crippen LogP contribution in [-0.4, -0.2) is 9.97 Å². The predicted molar refractivity (Wildman–Crippen MR) is 67.2 cm³/mol. The number of aryl methyl sites for hydroxylation is 1. The molecule has 0 unspecified atom stereocenters. The lowest BCUT2D eigenvalue weighted by Gasteiger charge is -2.09. The molecule has 1 aromatic heterocycles. The minimum absolute atomic E-state index is 0.284. The van der Waals surface area contributed by atoms with Gasteiger partial charge in [-0.1, -0.05) is 0 Å². The smallest absolute Gasteiger partial charge is 0.162 e. The zero-order valence-electron chi connectivity index (χ0n) is 10.1. The van der Waals surface area contributed by atoms with E-state index >= 15 is 0 Å². The van der Waals surface area contributed by atoms with Gasteiger partial charge in [0, 0.05) is 22.9 Å². The molecule has 0 fully saturated rings. The van der Waals surface area contributed by atoms with Crippen LogP contribution in [0, 0.1) is 11.6 Å². The largest absolute Gasteiger partial charge is 0.308 e. The summed E-state index contributed by atoms with van der Waals surface area (Å²) in [7, 11) is 0. The van der Waals surface area contributed by atoms with Crippen LogP contribution in [0.5, 0.6) is 0 Å². The van der Waals surface area contributed by atoms with Crippen molar-refractivity contribution in [2.75, 3.05) is 5.43 Å². The quantitative estimate of drug-likeness (QED) is 0.643. The molecular weight excluding hydrogens is 250 g/mol. The van der Waals surface area contributed by atoms with Crippen LogP contribution in [0.15, 0.2) is 18.2 Å². The first-order valence-corrected chi connectivity index (χ1v) is 6.00. The molecule has 6 heteroatoms. The maximum atomic E-state index is 13.2. The molecule has 1 aliphatic rings. The number of benzene rings is 1. The van der Waals surface area contributed by atoms with E-state index in [1.165, 1.54) is 12.1 Å². The molecule has 19 heavy (non-hydrogen) atoms. The zero-order chi connectivity index (χ0) is 13.4. The predicted octanol–water partition coefficient (Wildman–Crippen LogP) is 2.20. The first-order chi connectivity index (χ1) is 9.17. The van der Waals surface area contributed by atoms with Crippen molar-refractivity contribution in [1.29, 1.82) is 0 Å². The van der Waals surface area contributed by atoms with Crippen LogP contribution in [0.1, 0.15) is 17.7 Å². The molecule has 3 N–H and O–H groups in total. The van der Waals surface area contributed by atoms with Crippen LogP contribution < -0.4 is 11.3 Å². The number of nitrogens with zero attached hydrogens (tertiary/aromatic N) is 2. The summed E-state index contributed by atoms with van der Waals surface area (Å²) in [6.07, 6.45) is 2.68. The van der Waals surface area contributed by atoms with Crippen molar-refractivity contribution in [3.05, 3.63) is 41.1 Å². The SMILES string of the molecule is NNc1nc(-c2cc(F)cc(F)c2)nc2c1CCC2. The molecule has 0 saturated heterocycles. The molecular formula is C13H12F2N4. The van der Waals surface area contributed by atoms with E-state index in [0.717, 1.165) is 36.6 Å². The molecule has 0 aliphatic heterocycles. The Kier molecular flexibility index (Phi) is 2.87. The van der Waals surface area contributed by atoms with Crippen molar-refractivity contribution >= 4 is 5.82 Å². The molecule has 0 radical (unpaired) electrons. The molecule has 1 heterocycles. The average molecular weight is 262 g/mol. The summed E-state index contributed by atoms with van der Waals surface area (Å²) in [6, 6.07) is 3.24. The molecule has 3 rings (SSSR count). The van der Waals surface area contributed by atoms with Gasteiger partial charge in [-0.15, -0.1) is 0 Å². The van der Waals surface area contributed by atoms with Gasteiger partial charge in [-0.05, 0) is 31.4 Å². The molecule has 0 bridgehead atoms. The fourth-order valence-electron chi connectivity index (χ4n) is 2.36. The van der Waals surface area contributed by atoms with E-state index in [1.54, 1.807) is 0 Å². The van der Waals surface area contributed by atoms with E-state index in [4.69, 9.17) is 5.84 Å². The Morgan fingerprint density at radius 2 is 1.79 bits per heavy atom. The topological polar surface area (TPSA) is 63.8 Å². The molecule has 4 nitrogen and oxygen atoms in total. The van der Waals surface area contributed by atoms with Crippen molar-refractivity contribution < 1.29 is 8.78 Å². The van der Waals surface area contributed by atoms with Crippen LogP contribution >= 0.6 is 0 Å². The third-order valence-electron chi connectivity index (χ3n) is 3.19. The average Bonchev–Trinajstić information content (AvgIpc) is 2.84. The second-order valence-corrected chi connectivity index (χ2v) is 4.48. The number of aromatic nitrogens is 2. The maximum Gasteiger partial charge on any atom is 0.162 e. The number of hydrazine groups is 1. The molecule has 1 aliphatic carbocycles. The lowest BCUT2D eigenvalue weighted by Crippen LogP contribution is -2.12. The van der Waals surface area contributed by atoms with E-state index in [9.17, 15) is 8.78 Å². The minimum Gasteiger partial charge on any atom is -0.308 e. The standard InChI is InChI=1S/C13H12F2N4/c14-8-4-7(5-9(15)6-8)12-17-11-3-1-2-10(11)13(18-12)19-16/h4-6H,1-3,16H2,(H,17,18,19). The van der Waals surface area contributed by atoms with Gasteiger partial charge >= 0.3 is 0 Å². The molecule has 0 spiro atoms. The Hall–Kier alpha value is -2.08. The number of halogens is 2. The molecule has 98 valence electrons. The first kappa shape index (κ1) is 12.0. The van der Waals surface area contributed by atoms with Crippen molar-refractivity contribution in [1.82, 2.24) is 9.97 Å². The summed E-state index contributed by atoms with van der Waals surface area (Å²) >= 11 is 0. The highest BCUT2D eigenvalue weighted by Crippen LogP contribution is 2.29. The van der Waals surface area contributed by atoms with Crippen molar-refractivity contribution in [2.24, 2.45) is 5.84 Å². The highest BCUT2D eigenvalue weighted by molar-refractivity contribution is 5.60. The summed E-state index contributed by atoms with van der Waals surface area (Å²) in [5, 5.41) is 0. The fraction of sp³-hybridized carbons (Fsp3) is 0.231. The number of hydrogen-bond donors (Lipinski definition) is 2. The van der Waals surface area contributed by atoms with Crippen molar-refractivity contribution in [3.63, 3.8) is 0 Å². The van der Waals surface area contributed by atoms with Crippen molar-refractivity contribution in [2.45, 2.75) is 19.3 Å². The number of rotatable bonds is 2. The van der Waals surface area contributed by atoms with Gasteiger partial charge in [0.1, 0.15) is 17.5 Å². The van der Waals surface area contributed by atoms with Crippen LogP contribution in [-0.2, 0) is 12.8 Å². The molecule has 0 saturated carbocycles. The number of nitrogens with two attached hydrogens (primary N) is 1. The van der Waals surface area contributed by atoms with Gasteiger partial charge in [0.05, 0.1) is 0 Å². The number of nitrogens with one attached hydrogen (secondary N) is 1. The Balaban J connectivity index is 2.15. The lowest BCUT2D eigenvalue weighted by molar-refractivity contribution is 0.584. The number of anilines is 1. The van der Waals surface area contributed by atoms with Gasteiger partial charge in [-0.2, -0.15) is 0 Å². The Labute approximate surface area is 108 Å². The normalized spacial score (nSPS) is 13.4. The highest BCUT2D eigenvalue weighted by Gasteiger charge is 2.19. The summed E-state index contributed by atoms with van der Waals surface area (Å²) in [5.74, 6) is 4.95. The Morgan fingerprint density at radius 1 is 1.05 bits per heavy atom. The summed E-state index contributed by atoms with van der Waals surface area (Å²) < 4.78 is 26.5. The molecule has 2 aromatic rings. The second kappa shape index (κ2) is 4.55. The minimum atomic E-state index is -0.652.